The molecule has 19 heavy (non-hydrogen) atoms. The van der Waals surface area contributed by atoms with Crippen LogP contribution in [-0.4, -0.2) is 41.5 Å². The number of hydrogen-bond donors (Lipinski definition) is 2. The van der Waals surface area contributed by atoms with Crippen molar-refractivity contribution in [1.82, 2.24) is 15.1 Å². The summed E-state index contributed by atoms with van der Waals surface area (Å²) in [6.07, 6.45) is 3.51. The van der Waals surface area contributed by atoms with Crippen molar-refractivity contribution in [2.45, 2.75) is 38.8 Å². The Morgan fingerprint density at radius 2 is 2.53 bits per heavy atom. The number of carbonyl (C=O) groups is 1. The lowest BCUT2D eigenvalue weighted by Gasteiger charge is -2.08. The number of rotatable bonds is 6. The van der Waals surface area contributed by atoms with Gasteiger partial charge < -0.3 is 15.4 Å². The molecule has 2 rings (SSSR count). The summed E-state index contributed by atoms with van der Waals surface area (Å²) in [4.78, 5) is 11.7. The van der Waals surface area contributed by atoms with Gasteiger partial charge in [0.15, 0.2) is 5.82 Å². The van der Waals surface area contributed by atoms with Gasteiger partial charge in [0.05, 0.1) is 25.2 Å². The summed E-state index contributed by atoms with van der Waals surface area (Å²) in [7, 11) is 0. The van der Waals surface area contributed by atoms with Crippen molar-refractivity contribution >= 4 is 11.7 Å². The summed E-state index contributed by atoms with van der Waals surface area (Å²) in [5, 5.41) is 10.5. The van der Waals surface area contributed by atoms with E-state index in [9.17, 15) is 4.79 Å². The second kappa shape index (κ2) is 6.68. The fourth-order valence-electron chi connectivity index (χ4n) is 2.07. The molecule has 0 spiro atoms. The van der Waals surface area contributed by atoms with Crippen LogP contribution < -0.4 is 10.6 Å². The van der Waals surface area contributed by atoms with Crippen molar-refractivity contribution in [1.29, 1.82) is 0 Å². The Bertz CT molecular complexity index is 411. The van der Waals surface area contributed by atoms with E-state index >= 15 is 0 Å². The van der Waals surface area contributed by atoms with Crippen LogP contribution in [0.4, 0.5) is 5.82 Å². The third-order valence-electron chi connectivity index (χ3n) is 3.06. The highest BCUT2D eigenvalue weighted by atomic mass is 16.5. The number of amides is 1. The fourth-order valence-corrected chi connectivity index (χ4v) is 2.07. The lowest BCUT2D eigenvalue weighted by atomic mass is 10.3. The maximum atomic E-state index is 11.7. The van der Waals surface area contributed by atoms with Gasteiger partial charge in [-0.05, 0) is 26.8 Å². The molecule has 1 saturated heterocycles. The Labute approximate surface area is 113 Å². The number of aromatic nitrogens is 2. The van der Waals surface area contributed by atoms with Gasteiger partial charge in [-0.1, -0.05) is 0 Å². The first kappa shape index (κ1) is 14.0. The molecule has 0 radical (unpaired) electrons. The summed E-state index contributed by atoms with van der Waals surface area (Å²) >= 11 is 0. The summed E-state index contributed by atoms with van der Waals surface area (Å²) in [6.45, 7) is 6.32. The molecule has 1 aromatic rings. The number of anilines is 1. The number of nitrogens with one attached hydrogen (secondary N) is 2. The van der Waals surface area contributed by atoms with Crippen molar-refractivity contribution in [2.24, 2.45) is 0 Å². The zero-order valence-corrected chi connectivity index (χ0v) is 11.6. The maximum Gasteiger partial charge on any atom is 0.227 e. The smallest absolute Gasteiger partial charge is 0.227 e. The Morgan fingerprint density at radius 1 is 1.68 bits per heavy atom. The minimum atomic E-state index is -0.0598. The number of carbonyl (C=O) groups excluding carboxylic acids is 1. The molecule has 1 atom stereocenters. The molecule has 1 unspecified atom stereocenters. The minimum absolute atomic E-state index is 0.0598. The molecule has 106 valence electrons. The number of hydrogen-bond acceptors (Lipinski definition) is 4. The Morgan fingerprint density at radius 3 is 3.21 bits per heavy atom. The van der Waals surface area contributed by atoms with E-state index in [2.05, 4.69) is 15.7 Å². The van der Waals surface area contributed by atoms with E-state index in [1.54, 1.807) is 0 Å². The molecule has 1 fully saturated rings. The predicted molar refractivity (Wildman–Crippen MR) is 73.1 cm³/mol. The maximum absolute atomic E-state index is 11.7. The highest BCUT2D eigenvalue weighted by Crippen LogP contribution is 2.15. The molecule has 1 aliphatic heterocycles. The van der Waals surface area contributed by atoms with Crippen molar-refractivity contribution in [3.63, 3.8) is 0 Å². The van der Waals surface area contributed by atoms with Crippen molar-refractivity contribution in [2.75, 3.05) is 25.0 Å². The lowest BCUT2D eigenvalue weighted by Crippen LogP contribution is -2.17. The molecule has 1 aromatic heterocycles. The van der Waals surface area contributed by atoms with E-state index in [-0.39, 0.29) is 12.0 Å². The van der Waals surface area contributed by atoms with Crippen LogP contribution in [0.3, 0.4) is 0 Å². The topological polar surface area (TPSA) is 68.2 Å². The first-order chi connectivity index (χ1) is 9.15. The Hall–Kier alpha value is -1.40. The van der Waals surface area contributed by atoms with Crippen LogP contribution in [0.15, 0.2) is 12.3 Å². The predicted octanol–water partition coefficient (Wildman–Crippen LogP) is 1.17. The second-order valence-electron chi connectivity index (χ2n) is 5.05. The molecule has 2 heterocycles. The van der Waals surface area contributed by atoms with Crippen LogP contribution in [0.5, 0.6) is 0 Å². The molecule has 1 amide bonds. The minimum Gasteiger partial charge on any atom is -0.378 e. The average Bonchev–Trinajstić information content (AvgIpc) is 2.97. The van der Waals surface area contributed by atoms with Crippen LogP contribution in [0.25, 0.3) is 0 Å². The largest absolute Gasteiger partial charge is 0.378 e. The molecule has 6 heteroatoms. The molecule has 1 aliphatic rings. The summed E-state index contributed by atoms with van der Waals surface area (Å²) in [5.41, 5.74) is 0. The van der Waals surface area contributed by atoms with Gasteiger partial charge in [0.25, 0.3) is 0 Å². The van der Waals surface area contributed by atoms with E-state index in [4.69, 9.17) is 4.74 Å². The third-order valence-corrected chi connectivity index (χ3v) is 3.06. The standard InChI is InChI=1S/C13H22N4O2/c1-10(2)19-8-5-13(18)15-12-4-7-17(16-12)11-3-6-14-9-11/h4,7,10-11,14H,3,5-6,8-9H2,1-2H3,(H,15,16,18). The van der Waals surface area contributed by atoms with Crippen LogP contribution in [0.1, 0.15) is 32.7 Å². The zero-order chi connectivity index (χ0) is 13.7. The van der Waals surface area contributed by atoms with Gasteiger partial charge in [0.2, 0.25) is 5.91 Å². The normalized spacial score (nSPS) is 19.0. The molecule has 0 aromatic carbocycles. The Balaban J connectivity index is 1.77. The van der Waals surface area contributed by atoms with Crippen molar-refractivity contribution < 1.29 is 9.53 Å². The molecule has 6 nitrogen and oxygen atoms in total. The average molecular weight is 266 g/mol. The van der Waals surface area contributed by atoms with Crippen LogP contribution in [0, 0.1) is 0 Å². The van der Waals surface area contributed by atoms with E-state index < -0.39 is 0 Å². The molecule has 0 aliphatic carbocycles. The molecular weight excluding hydrogens is 244 g/mol. The molecular formula is C13H22N4O2. The SMILES string of the molecule is CC(C)OCCC(=O)Nc1ccn(C2CCNC2)n1. The van der Waals surface area contributed by atoms with E-state index in [1.807, 2.05) is 30.8 Å². The first-order valence-electron chi connectivity index (χ1n) is 6.82. The van der Waals surface area contributed by atoms with E-state index in [0.29, 0.717) is 24.9 Å². The van der Waals surface area contributed by atoms with Gasteiger partial charge in [0, 0.05) is 18.8 Å². The lowest BCUT2D eigenvalue weighted by molar-refractivity contribution is -0.117. The quantitative estimate of drug-likeness (QED) is 0.811. The van der Waals surface area contributed by atoms with Gasteiger partial charge in [-0.15, -0.1) is 0 Å². The van der Waals surface area contributed by atoms with Gasteiger partial charge in [-0.25, -0.2) is 0 Å². The summed E-state index contributed by atoms with van der Waals surface area (Å²) < 4.78 is 7.26. The van der Waals surface area contributed by atoms with Crippen molar-refractivity contribution in [3.8, 4) is 0 Å². The highest BCUT2D eigenvalue weighted by molar-refractivity contribution is 5.89. The number of ether oxygens (including phenoxy) is 1. The molecule has 2 N–H and O–H groups in total. The Kier molecular flexibility index (Phi) is 4.93. The number of nitrogens with zero attached hydrogens (tertiary/aromatic N) is 2. The van der Waals surface area contributed by atoms with E-state index in [1.165, 1.54) is 0 Å². The molecule has 0 bridgehead atoms. The highest BCUT2D eigenvalue weighted by Gasteiger charge is 2.17. The van der Waals surface area contributed by atoms with Gasteiger partial charge in [-0.3, -0.25) is 9.48 Å². The van der Waals surface area contributed by atoms with Gasteiger partial charge in [-0.2, -0.15) is 5.10 Å². The first-order valence-corrected chi connectivity index (χ1v) is 6.82. The van der Waals surface area contributed by atoms with Gasteiger partial charge in [0.1, 0.15) is 0 Å². The fraction of sp³-hybridized carbons (Fsp3) is 0.692. The molecule has 0 saturated carbocycles. The van der Waals surface area contributed by atoms with Crippen LogP contribution in [-0.2, 0) is 9.53 Å². The van der Waals surface area contributed by atoms with Crippen LogP contribution >= 0.6 is 0 Å². The van der Waals surface area contributed by atoms with Crippen molar-refractivity contribution in [3.05, 3.63) is 12.3 Å². The summed E-state index contributed by atoms with van der Waals surface area (Å²) in [5.74, 6) is 0.553. The third kappa shape index (κ3) is 4.33. The zero-order valence-electron chi connectivity index (χ0n) is 11.6. The summed E-state index contributed by atoms with van der Waals surface area (Å²) in [6, 6.07) is 2.23. The van der Waals surface area contributed by atoms with E-state index in [0.717, 1.165) is 19.5 Å². The second-order valence-corrected chi connectivity index (χ2v) is 5.05. The monoisotopic (exact) mass is 266 g/mol. The van der Waals surface area contributed by atoms with Gasteiger partial charge >= 0.3 is 0 Å². The van der Waals surface area contributed by atoms with Crippen LogP contribution in [0.2, 0.25) is 0 Å².